The number of nitrogens with one attached hydrogen (secondary N) is 2. The Morgan fingerprint density at radius 3 is 2.44 bits per heavy atom. The number of nitrogens with zero attached hydrogens (tertiary/aromatic N) is 1. The standard InChI is InChI=1S/C22H22FN3O/c23-20-7-3-4-8-21(20)26-13-11-25(12-14-26)16-22(27)24-19-10-9-17-5-1-2-6-18(17)15-19/h1-10,15H,11-14,16H2,(H,24,27)/p+1. The van der Waals surface area contributed by atoms with E-state index in [0.717, 1.165) is 42.6 Å². The summed E-state index contributed by atoms with van der Waals surface area (Å²) in [6.07, 6.45) is 0. The number of carbonyl (C=O) groups is 1. The maximum atomic E-state index is 13.9. The smallest absolute Gasteiger partial charge is 0.279 e. The van der Waals surface area contributed by atoms with Crippen molar-refractivity contribution in [2.75, 3.05) is 42.9 Å². The highest BCUT2D eigenvalue weighted by Crippen LogP contribution is 2.19. The zero-order chi connectivity index (χ0) is 18.6. The van der Waals surface area contributed by atoms with E-state index in [1.807, 2.05) is 48.5 Å². The van der Waals surface area contributed by atoms with Gasteiger partial charge in [0, 0.05) is 5.69 Å². The molecule has 5 heteroatoms. The summed E-state index contributed by atoms with van der Waals surface area (Å²) in [7, 11) is 0. The first-order valence-corrected chi connectivity index (χ1v) is 9.31. The van der Waals surface area contributed by atoms with Crippen LogP contribution in [-0.4, -0.2) is 38.6 Å². The highest BCUT2D eigenvalue weighted by molar-refractivity contribution is 5.94. The Kier molecular flexibility index (Phi) is 5.03. The molecule has 0 bridgehead atoms. The van der Waals surface area contributed by atoms with E-state index in [1.165, 1.54) is 11.0 Å². The molecule has 1 aliphatic heterocycles. The molecule has 0 saturated carbocycles. The number of piperazine rings is 1. The monoisotopic (exact) mass is 364 g/mol. The topological polar surface area (TPSA) is 36.8 Å². The summed E-state index contributed by atoms with van der Waals surface area (Å²) in [6, 6.07) is 20.9. The number of rotatable bonds is 4. The van der Waals surface area contributed by atoms with Crippen molar-refractivity contribution in [1.82, 2.24) is 0 Å². The fourth-order valence-corrected chi connectivity index (χ4v) is 3.65. The molecule has 1 heterocycles. The average molecular weight is 364 g/mol. The van der Waals surface area contributed by atoms with Crippen LogP contribution in [0.3, 0.4) is 0 Å². The van der Waals surface area contributed by atoms with E-state index in [4.69, 9.17) is 0 Å². The molecule has 0 unspecified atom stereocenters. The molecule has 4 nitrogen and oxygen atoms in total. The summed E-state index contributed by atoms with van der Waals surface area (Å²) in [5, 5.41) is 5.27. The number of hydrogen-bond acceptors (Lipinski definition) is 2. The van der Waals surface area contributed by atoms with E-state index in [9.17, 15) is 9.18 Å². The van der Waals surface area contributed by atoms with Crippen molar-refractivity contribution in [2.24, 2.45) is 0 Å². The predicted molar refractivity (Wildman–Crippen MR) is 107 cm³/mol. The zero-order valence-electron chi connectivity index (χ0n) is 15.1. The first-order chi connectivity index (χ1) is 13.2. The summed E-state index contributed by atoms with van der Waals surface area (Å²) in [6.45, 7) is 3.57. The lowest BCUT2D eigenvalue weighted by molar-refractivity contribution is -0.892. The van der Waals surface area contributed by atoms with Crippen molar-refractivity contribution in [2.45, 2.75) is 0 Å². The first-order valence-electron chi connectivity index (χ1n) is 9.31. The minimum atomic E-state index is -0.185. The number of quaternary nitrogens is 1. The summed E-state index contributed by atoms with van der Waals surface area (Å²) in [5.41, 5.74) is 1.47. The van der Waals surface area contributed by atoms with Crippen LogP contribution in [-0.2, 0) is 4.79 Å². The molecule has 0 radical (unpaired) electrons. The van der Waals surface area contributed by atoms with Crippen LogP contribution >= 0.6 is 0 Å². The normalized spacial score (nSPS) is 15.1. The van der Waals surface area contributed by atoms with E-state index < -0.39 is 0 Å². The van der Waals surface area contributed by atoms with Gasteiger partial charge in [-0.25, -0.2) is 4.39 Å². The maximum absolute atomic E-state index is 13.9. The number of fused-ring (bicyclic) bond motifs is 1. The molecule has 3 aromatic carbocycles. The molecule has 0 spiro atoms. The van der Waals surface area contributed by atoms with Gasteiger partial charge in [0.15, 0.2) is 6.54 Å². The lowest BCUT2D eigenvalue weighted by Crippen LogP contribution is -3.15. The predicted octanol–water partition coefficient (Wildman–Crippen LogP) is 2.32. The lowest BCUT2D eigenvalue weighted by Gasteiger charge is -2.33. The third kappa shape index (κ3) is 4.09. The van der Waals surface area contributed by atoms with Crippen LogP contribution in [0.25, 0.3) is 10.8 Å². The largest absolute Gasteiger partial charge is 0.358 e. The molecule has 3 aromatic rings. The molecule has 1 aliphatic rings. The Morgan fingerprint density at radius 1 is 0.963 bits per heavy atom. The Morgan fingerprint density at radius 2 is 1.67 bits per heavy atom. The Hall–Kier alpha value is -2.92. The minimum absolute atomic E-state index is 0.0135. The third-order valence-corrected chi connectivity index (χ3v) is 5.11. The van der Waals surface area contributed by atoms with E-state index in [1.54, 1.807) is 6.07 Å². The SMILES string of the molecule is O=C(C[NH+]1CCN(c2ccccc2F)CC1)Nc1ccc2ccccc2c1. The van der Waals surface area contributed by atoms with Gasteiger partial charge in [-0.1, -0.05) is 42.5 Å². The van der Waals surface area contributed by atoms with Crippen LogP contribution in [0.1, 0.15) is 0 Å². The molecular weight excluding hydrogens is 341 g/mol. The molecule has 4 rings (SSSR count). The van der Waals surface area contributed by atoms with Gasteiger partial charge >= 0.3 is 0 Å². The molecule has 0 aliphatic carbocycles. The Labute approximate surface area is 158 Å². The number of hydrogen-bond donors (Lipinski definition) is 2. The fourth-order valence-electron chi connectivity index (χ4n) is 3.65. The van der Waals surface area contributed by atoms with Crippen LogP contribution in [0.4, 0.5) is 15.8 Å². The second kappa shape index (κ2) is 7.76. The van der Waals surface area contributed by atoms with Gasteiger partial charge in [0.05, 0.1) is 31.9 Å². The van der Waals surface area contributed by atoms with Crippen molar-refractivity contribution in [3.8, 4) is 0 Å². The molecular formula is C22H23FN3O+. The second-order valence-electron chi connectivity index (χ2n) is 6.98. The number of anilines is 2. The van der Waals surface area contributed by atoms with Crippen LogP contribution < -0.4 is 15.1 Å². The molecule has 1 amide bonds. The van der Waals surface area contributed by atoms with Crippen LogP contribution in [0.5, 0.6) is 0 Å². The Balaban J connectivity index is 1.32. The van der Waals surface area contributed by atoms with Crippen molar-refractivity contribution in [1.29, 1.82) is 0 Å². The van der Waals surface area contributed by atoms with Gasteiger partial charge in [0.1, 0.15) is 5.82 Å². The van der Waals surface area contributed by atoms with Gasteiger partial charge in [0.25, 0.3) is 5.91 Å². The van der Waals surface area contributed by atoms with Gasteiger partial charge in [-0.2, -0.15) is 0 Å². The quantitative estimate of drug-likeness (QED) is 0.746. The Bertz CT molecular complexity index is 951. The van der Waals surface area contributed by atoms with Crippen LogP contribution in [0.15, 0.2) is 66.7 Å². The van der Waals surface area contributed by atoms with Crippen molar-refractivity contribution >= 4 is 28.1 Å². The highest BCUT2D eigenvalue weighted by Gasteiger charge is 2.23. The van der Waals surface area contributed by atoms with Crippen molar-refractivity contribution < 1.29 is 14.1 Å². The summed E-state index contributed by atoms with van der Waals surface area (Å²) < 4.78 is 13.9. The first kappa shape index (κ1) is 17.5. The molecule has 138 valence electrons. The van der Waals surface area contributed by atoms with Gasteiger partial charge in [-0.15, -0.1) is 0 Å². The number of halogens is 1. The number of benzene rings is 3. The molecule has 1 fully saturated rings. The molecule has 1 saturated heterocycles. The minimum Gasteiger partial charge on any atom is -0.358 e. The van der Waals surface area contributed by atoms with Crippen LogP contribution in [0, 0.1) is 5.82 Å². The van der Waals surface area contributed by atoms with Crippen LogP contribution in [0.2, 0.25) is 0 Å². The van der Waals surface area contributed by atoms with Gasteiger partial charge < -0.3 is 15.1 Å². The molecule has 0 atom stereocenters. The molecule has 2 N–H and O–H groups in total. The summed E-state index contributed by atoms with van der Waals surface area (Å²) >= 11 is 0. The van der Waals surface area contributed by atoms with E-state index in [2.05, 4.69) is 16.3 Å². The van der Waals surface area contributed by atoms with E-state index >= 15 is 0 Å². The fraction of sp³-hybridized carbons (Fsp3) is 0.227. The molecule has 27 heavy (non-hydrogen) atoms. The number of para-hydroxylation sites is 1. The van der Waals surface area contributed by atoms with E-state index in [0.29, 0.717) is 12.2 Å². The van der Waals surface area contributed by atoms with Gasteiger partial charge in [-0.3, -0.25) is 4.79 Å². The third-order valence-electron chi connectivity index (χ3n) is 5.11. The van der Waals surface area contributed by atoms with Crippen molar-refractivity contribution in [3.63, 3.8) is 0 Å². The van der Waals surface area contributed by atoms with Crippen molar-refractivity contribution in [3.05, 3.63) is 72.5 Å². The highest BCUT2D eigenvalue weighted by atomic mass is 19.1. The average Bonchev–Trinajstić information content (AvgIpc) is 2.69. The maximum Gasteiger partial charge on any atom is 0.279 e. The zero-order valence-corrected chi connectivity index (χ0v) is 15.1. The number of carbonyl (C=O) groups excluding carboxylic acids is 1. The lowest BCUT2D eigenvalue weighted by atomic mass is 10.1. The van der Waals surface area contributed by atoms with Gasteiger partial charge in [0.2, 0.25) is 0 Å². The summed E-state index contributed by atoms with van der Waals surface area (Å²) in [5.74, 6) is -0.172. The van der Waals surface area contributed by atoms with E-state index in [-0.39, 0.29) is 11.7 Å². The summed E-state index contributed by atoms with van der Waals surface area (Å²) in [4.78, 5) is 15.7. The molecule has 0 aromatic heterocycles. The van der Waals surface area contributed by atoms with Gasteiger partial charge in [-0.05, 0) is 35.0 Å². The number of amides is 1. The second-order valence-corrected chi connectivity index (χ2v) is 6.98.